The van der Waals surface area contributed by atoms with E-state index in [1.807, 2.05) is 20.8 Å². The summed E-state index contributed by atoms with van der Waals surface area (Å²) in [4.78, 5) is 0. The maximum absolute atomic E-state index is 12.6. The van der Waals surface area contributed by atoms with Crippen LogP contribution in [0.15, 0.2) is 0 Å². The van der Waals surface area contributed by atoms with Crippen molar-refractivity contribution >= 4 is 19.3 Å². The highest BCUT2D eigenvalue weighted by Crippen LogP contribution is 2.36. The zero-order chi connectivity index (χ0) is 21.5. The van der Waals surface area contributed by atoms with E-state index in [9.17, 15) is 17.4 Å². The molecule has 0 rings (SSSR count). The maximum Gasteiger partial charge on any atom is 0.389 e. The minimum absolute atomic E-state index is 0.0359. The lowest BCUT2D eigenvalue weighted by Gasteiger charge is -2.36. The summed E-state index contributed by atoms with van der Waals surface area (Å²) < 4.78 is 58.5. The van der Waals surface area contributed by atoms with E-state index in [1.165, 1.54) is 0 Å². The van der Waals surface area contributed by atoms with Crippen LogP contribution in [0.2, 0.25) is 18.1 Å². The molecule has 1 N–H and O–H groups in total. The molecule has 0 fully saturated rings. The largest absolute Gasteiger partial charge is 0.417 e. The van der Waals surface area contributed by atoms with Gasteiger partial charge in [-0.2, -0.15) is 13.2 Å². The quantitative estimate of drug-likeness (QED) is 0.306. The van der Waals surface area contributed by atoms with Crippen LogP contribution < -0.4 is 4.72 Å². The summed E-state index contributed by atoms with van der Waals surface area (Å²) in [6, 6.07) is -0.381. The number of halogens is 3. The normalized spacial score (nSPS) is 16.4. The topological polar surface area (TPSA) is 38.3 Å². The van der Waals surface area contributed by atoms with Crippen molar-refractivity contribution in [1.29, 1.82) is 0 Å². The van der Waals surface area contributed by atoms with Gasteiger partial charge in [-0.25, -0.2) is 8.93 Å². The second kappa shape index (κ2) is 10.7. The van der Waals surface area contributed by atoms with Gasteiger partial charge < -0.3 is 4.43 Å². The highest BCUT2D eigenvalue weighted by atomic mass is 32.2. The molecule has 0 aromatic rings. The summed E-state index contributed by atoms with van der Waals surface area (Å²) in [6.45, 7) is 17.2. The standard InChI is InChI=1S/C19H40F3NO2SSi/c1-17(2,3)26(24)23-16(13-14-19(20,21)22)12-10-9-11-15-25-27(7,8)18(4,5)6/h16,23H,9-15H2,1-8H3/t16-,26+/m1/s1. The summed E-state index contributed by atoms with van der Waals surface area (Å²) >= 11 is 0. The second-order valence-electron chi connectivity index (χ2n) is 9.81. The molecule has 0 aliphatic heterocycles. The van der Waals surface area contributed by atoms with Crippen LogP contribution in [0.3, 0.4) is 0 Å². The maximum atomic E-state index is 12.6. The van der Waals surface area contributed by atoms with Gasteiger partial charge in [0.25, 0.3) is 0 Å². The average Bonchev–Trinajstić information content (AvgIpc) is 2.44. The monoisotopic (exact) mass is 431 g/mol. The molecule has 0 spiro atoms. The Hall–Kier alpha value is 0.0769. The molecule has 0 heterocycles. The van der Waals surface area contributed by atoms with Gasteiger partial charge in [-0.15, -0.1) is 0 Å². The third kappa shape index (κ3) is 12.3. The molecule has 0 unspecified atom stereocenters. The molecule has 0 aromatic carbocycles. The van der Waals surface area contributed by atoms with Crippen molar-refractivity contribution in [2.45, 2.75) is 115 Å². The molecule has 0 aliphatic rings. The van der Waals surface area contributed by atoms with Crippen LogP contribution in [0, 0.1) is 0 Å². The van der Waals surface area contributed by atoms with Crippen molar-refractivity contribution in [3.8, 4) is 0 Å². The molecule has 27 heavy (non-hydrogen) atoms. The molecule has 0 radical (unpaired) electrons. The predicted octanol–water partition coefficient (Wildman–Crippen LogP) is 6.33. The van der Waals surface area contributed by atoms with Gasteiger partial charge in [0.2, 0.25) is 0 Å². The van der Waals surface area contributed by atoms with Crippen LogP contribution in [0.5, 0.6) is 0 Å². The minimum atomic E-state index is -4.18. The van der Waals surface area contributed by atoms with Gasteiger partial charge in [0.05, 0.1) is 15.7 Å². The zero-order valence-electron chi connectivity index (χ0n) is 18.4. The number of hydrogen-bond donors (Lipinski definition) is 1. The summed E-state index contributed by atoms with van der Waals surface area (Å²) in [6.07, 6.45) is -1.86. The molecule has 8 heteroatoms. The lowest BCUT2D eigenvalue weighted by Crippen LogP contribution is -2.41. The fraction of sp³-hybridized carbons (Fsp3) is 1.00. The first-order chi connectivity index (χ1) is 12.0. The Morgan fingerprint density at radius 2 is 1.52 bits per heavy atom. The van der Waals surface area contributed by atoms with Crippen LogP contribution in [0.4, 0.5) is 13.2 Å². The molecule has 3 nitrogen and oxygen atoms in total. The lowest BCUT2D eigenvalue weighted by molar-refractivity contribution is -0.136. The van der Waals surface area contributed by atoms with E-state index in [4.69, 9.17) is 4.43 Å². The van der Waals surface area contributed by atoms with E-state index in [0.717, 1.165) is 19.3 Å². The van der Waals surface area contributed by atoms with E-state index < -0.39 is 36.6 Å². The zero-order valence-corrected chi connectivity index (χ0v) is 20.2. The van der Waals surface area contributed by atoms with Crippen molar-refractivity contribution in [3.63, 3.8) is 0 Å². The minimum Gasteiger partial charge on any atom is -0.417 e. The van der Waals surface area contributed by atoms with Gasteiger partial charge in [0.15, 0.2) is 8.32 Å². The number of hydrogen-bond acceptors (Lipinski definition) is 2. The van der Waals surface area contributed by atoms with Crippen molar-refractivity contribution in [2.24, 2.45) is 0 Å². The van der Waals surface area contributed by atoms with Crippen LogP contribution in [0.25, 0.3) is 0 Å². The molecule has 0 bridgehead atoms. The van der Waals surface area contributed by atoms with Crippen LogP contribution in [-0.2, 0) is 15.4 Å². The van der Waals surface area contributed by atoms with E-state index in [0.29, 0.717) is 13.0 Å². The van der Waals surface area contributed by atoms with Crippen molar-refractivity contribution < 1.29 is 21.8 Å². The molecule has 0 saturated heterocycles. The third-order valence-electron chi connectivity index (χ3n) is 5.07. The summed E-state index contributed by atoms with van der Waals surface area (Å²) in [7, 11) is -3.10. The van der Waals surface area contributed by atoms with Crippen LogP contribution >= 0.6 is 0 Å². The molecule has 0 aromatic heterocycles. The Morgan fingerprint density at radius 1 is 0.963 bits per heavy atom. The fourth-order valence-corrected chi connectivity index (χ4v) is 4.12. The average molecular weight is 432 g/mol. The summed E-state index contributed by atoms with van der Waals surface area (Å²) in [5, 5.41) is 0.177. The van der Waals surface area contributed by atoms with Crippen molar-refractivity contribution in [3.05, 3.63) is 0 Å². The smallest absolute Gasteiger partial charge is 0.389 e. The van der Waals surface area contributed by atoms with Crippen LogP contribution in [-0.4, -0.2) is 36.1 Å². The van der Waals surface area contributed by atoms with Gasteiger partial charge in [-0.05, 0) is 58.2 Å². The summed E-state index contributed by atoms with van der Waals surface area (Å²) in [5.41, 5.74) is 0. The Morgan fingerprint density at radius 3 is 1.96 bits per heavy atom. The fourth-order valence-electron chi connectivity index (χ4n) is 2.14. The highest BCUT2D eigenvalue weighted by Gasteiger charge is 2.36. The van der Waals surface area contributed by atoms with Crippen LogP contribution in [0.1, 0.15) is 80.1 Å². The molecular weight excluding hydrogens is 391 g/mol. The molecule has 0 aliphatic carbocycles. The Kier molecular flexibility index (Phi) is 10.8. The van der Waals surface area contributed by atoms with Gasteiger partial charge in [-0.1, -0.05) is 33.6 Å². The number of nitrogens with one attached hydrogen (secondary N) is 1. The van der Waals surface area contributed by atoms with E-state index in [1.54, 1.807) is 0 Å². The van der Waals surface area contributed by atoms with Crippen molar-refractivity contribution in [1.82, 2.24) is 4.72 Å². The first-order valence-electron chi connectivity index (χ1n) is 9.84. The SMILES string of the molecule is CC(C)(C)[S@](=O)N[C@H](CCCCCO[Si](C)(C)C(C)(C)C)CCC(F)(F)F. The van der Waals surface area contributed by atoms with Crippen molar-refractivity contribution in [2.75, 3.05) is 6.61 Å². The Balaban J connectivity index is 4.38. The van der Waals surface area contributed by atoms with Gasteiger partial charge in [0, 0.05) is 19.1 Å². The molecular formula is C19H40F3NO2SSi. The second-order valence-corrected chi connectivity index (χ2v) is 16.6. The third-order valence-corrected chi connectivity index (χ3v) is 11.3. The van der Waals surface area contributed by atoms with Gasteiger partial charge in [-0.3, -0.25) is 0 Å². The molecule has 0 amide bonds. The molecule has 0 saturated carbocycles. The molecule has 164 valence electrons. The van der Waals surface area contributed by atoms with E-state index >= 15 is 0 Å². The van der Waals surface area contributed by atoms with E-state index in [-0.39, 0.29) is 17.5 Å². The summed E-state index contributed by atoms with van der Waals surface area (Å²) in [5.74, 6) is 0. The first kappa shape index (κ1) is 27.1. The first-order valence-corrected chi connectivity index (χ1v) is 13.9. The number of unbranched alkanes of at least 4 members (excludes halogenated alkanes) is 2. The lowest BCUT2D eigenvalue weighted by atomic mass is 10.0. The highest BCUT2D eigenvalue weighted by molar-refractivity contribution is 7.84. The Labute approximate surface area is 167 Å². The van der Waals surface area contributed by atoms with Gasteiger partial charge >= 0.3 is 6.18 Å². The predicted molar refractivity (Wildman–Crippen MR) is 112 cm³/mol. The van der Waals surface area contributed by atoms with Gasteiger partial charge in [0.1, 0.15) is 0 Å². The molecule has 2 atom stereocenters. The number of rotatable bonds is 11. The number of alkyl halides is 3. The Bertz CT molecular complexity index is 457. The van der Waals surface area contributed by atoms with E-state index in [2.05, 4.69) is 38.6 Å².